The van der Waals surface area contributed by atoms with Crippen molar-refractivity contribution in [3.05, 3.63) is 59.5 Å². The second-order valence-electron chi connectivity index (χ2n) is 12.8. The predicted molar refractivity (Wildman–Crippen MR) is 172 cm³/mol. The van der Waals surface area contributed by atoms with Crippen LogP contribution in [0.25, 0.3) is 22.2 Å². The number of sulfonamides is 1. The van der Waals surface area contributed by atoms with Crippen molar-refractivity contribution in [3.63, 3.8) is 0 Å². The molecular weight excluding hydrogens is 655 g/mol. The first-order chi connectivity index (χ1) is 22.7. The molecule has 4 aromatic rings. The largest absolute Gasteiger partial charge is 0.494 e. The third-order valence-electron chi connectivity index (χ3n) is 9.06. The fourth-order valence-electron chi connectivity index (χ4n) is 6.72. The van der Waals surface area contributed by atoms with Crippen LogP contribution < -0.4 is 20.5 Å². The van der Waals surface area contributed by atoms with E-state index in [0.29, 0.717) is 17.0 Å². The highest BCUT2D eigenvalue weighted by Crippen LogP contribution is 2.43. The van der Waals surface area contributed by atoms with Crippen LogP contribution in [0, 0.1) is 17.5 Å². The van der Waals surface area contributed by atoms with Gasteiger partial charge in [0.15, 0.2) is 0 Å². The van der Waals surface area contributed by atoms with E-state index in [1.807, 2.05) is 18.6 Å². The summed E-state index contributed by atoms with van der Waals surface area (Å²) < 4.78 is 107. The molecule has 15 heteroatoms. The highest BCUT2D eigenvalue weighted by Gasteiger charge is 2.46. The van der Waals surface area contributed by atoms with Crippen molar-refractivity contribution in [1.29, 1.82) is 0 Å². The number of halogens is 5. The zero-order chi connectivity index (χ0) is 34.5. The highest BCUT2D eigenvalue weighted by atomic mass is 32.2. The van der Waals surface area contributed by atoms with E-state index in [9.17, 15) is 21.6 Å². The van der Waals surface area contributed by atoms with Gasteiger partial charge in [0.25, 0.3) is 15.9 Å². The normalized spacial score (nSPS) is 19.9. The number of ether oxygens (including phenoxy) is 1. The zero-order valence-electron chi connectivity index (χ0n) is 26.7. The number of nitrogens with zero attached hydrogens (tertiary/aromatic N) is 3. The van der Waals surface area contributed by atoms with Crippen LogP contribution in [0.3, 0.4) is 0 Å². The van der Waals surface area contributed by atoms with Crippen LogP contribution in [0.1, 0.15) is 76.8 Å². The Morgan fingerprint density at radius 3 is 2.38 bits per heavy atom. The Morgan fingerprint density at radius 2 is 1.73 bits per heavy atom. The van der Waals surface area contributed by atoms with E-state index in [-0.39, 0.29) is 66.3 Å². The van der Waals surface area contributed by atoms with Gasteiger partial charge in [-0.15, -0.1) is 0 Å². The maximum Gasteiger partial charge on any atom is 0.265 e. The average Bonchev–Trinajstić information content (AvgIpc) is 3.41. The first kappa shape index (κ1) is 33.9. The van der Waals surface area contributed by atoms with E-state index in [1.165, 1.54) is 6.07 Å². The summed E-state index contributed by atoms with van der Waals surface area (Å²) in [6.07, 6.45) is 4.46. The van der Waals surface area contributed by atoms with Crippen LogP contribution in [-0.4, -0.2) is 47.8 Å². The van der Waals surface area contributed by atoms with Crippen LogP contribution in [0.4, 0.5) is 33.5 Å². The Labute approximate surface area is 275 Å². The molecule has 0 aliphatic heterocycles. The van der Waals surface area contributed by atoms with E-state index < -0.39 is 44.0 Å². The van der Waals surface area contributed by atoms with Crippen LogP contribution in [-0.2, 0) is 10.0 Å². The van der Waals surface area contributed by atoms with Crippen molar-refractivity contribution < 1.29 is 35.1 Å². The Balaban J connectivity index is 1.31. The molecule has 48 heavy (non-hydrogen) atoms. The van der Waals surface area contributed by atoms with Gasteiger partial charge in [0, 0.05) is 54.9 Å². The zero-order valence-corrected chi connectivity index (χ0v) is 27.5. The predicted octanol–water partition coefficient (Wildman–Crippen LogP) is 7.29. The smallest absolute Gasteiger partial charge is 0.265 e. The second kappa shape index (κ2) is 12.8. The molecule has 2 aliphatic carbocycles. The van der Waals surface area contributed by atoms with E-state index >= 15 is 8.78 Å². The number of pyridine rings is 1. The molecule has 9 nitrogen and oxygen atoms in total. The maximum atomic E-state index is 15.8. The summed E-state index contributed by atoms with van der Waals surface area (Å²) >= 11 is 0. The van der Waals surface area contributed by atoms with Crippen molar-refractivity contribution >= 4 is 32.4 Å². The molecule has 0 saturated heterocycles. The summed E-state index contributed by atoms with van der Waals surface area (Å²) in [5, 5.41) is 8.35. The van der Waals surface area contributed by atoms with Crippen LogP contribution in [0.15, 0.2) is 41.4 Å². The summed E-state index contributed by atoms with van der Waals surface area (Å²) in [5.41, 5.74) is 6.88. The summed E-state index contributed by atoms with van der Waals surface area (Å²) in [6, 6.07) is 4.35. The lowest BCUT2D eigenvalue weighted by molar-refractivity contribution is -0.0954. The van der Waals surface area contributed by atoms with Gasteiger partial charge in [-0.3, -0.25) is 9.40 Å². The first-order valence-electron chi connectivity index (χ1n) is 15.9. The molecule has 2 heterocycles. The van der Waals surface area contributed by atoms with Gasteiger partial charge in [-0.1, -0.05) is 0 Å². The lowest BCUT2D eigenvalue weighted by atomic mass is 9.80. The number of rotatable bonds is 10. The standard InChI is InChI=1S/C33H37F5N6O3S/c1-4-47-21-9-10-24(34)28(11-21)48(45,46)43-27-13-25(35)22(12-26(27)36)30-29-31(44(42-30)17(2)3)23(16-40-32(29)39)18-5-7-19(8-6-18)41-20-14-33(37,38)15-20/h9-13,16-20,41,43H,4-8,14-15H2,1-3H3,(H2,39,40)/t18-,19-. The number of aromatic nitrogens is 3. The average molecular weight is 693 g/mol. The van der Waals surface area contributed by atoms with Crippen molar-refractivity contribution in [2.45, 2.75) is 94.2 Å². The number of benzene rings is 2. The molecule has 0 unspecified atom stereocenters. The Bertz CT molecular complexity index is 1950. The van der Waals surface area contributed by atoms with E-state index in [4.69, 9.17) is 10.5 Å². The van der Waals surface area contributed by atoms with Crippen LogP contribution >= 0.6 is 0 Å². The fraction of sp³-hybridized carbons (Fsp3) is 0.455. The lowest BCUT2D eigenvalue weighted by Crippen LogP contribution is -2.52. The van der Waals surface area contributed by atoms with Gasteiger partial charge in [0.05, 0.1) is 23.2 Å². The molecular formula is C33H37F5N6O3S. The second-order valence-corrected chi connectivity index (χ2v) is 14.5. The van der Waals surface area contributed by atoms with Gasteiger partial charge in [-0.05, 0) is 76.1 Å². The van der Waals surface area contributed by atoms with Crippen molar-refractivity contribution in [1.82, 2.24) is 20.1 Å². The van der Waals surface area contributed by atoms with Crippen molar-refractivity contribution in [2.75, 3.05) is 17.1 Å². The summed E-state index contributed by atoms with van der Waals surface area (Å²) in [7, 11) is -4.68. The molecule has 6 rings (SSSR count). The number of nitrogen functional groups attached to an aromatic ring is 1. The van der Waals surface area contributed by atoms with Crippen molar-refractivity contribution in [3.8, 4) is 17.0 Å². The van der Waals surface area contributed by atoms with Gasteiger partial charge in [-0.2, -0.15) is 5.10 Å². The molecule has 258 valence electrons. The number of hydrogen-bond acceptors (Lipinski definition) is 7. The van der Waals surface area contributed by atoms with Gasteiger partial charge < -0.3 is 15.8 Å². The van der Waals surface area contributed by atoms with Crippen molar-refractivity contribution in [2.24, 2.45) is 0 Å². The molecule has 0 spiro atoms. The summed E-state index contributed by atoms with van der Waals surface area (Å²) in [5.74, 6) is -5.61. The quantitative estimate of drug-likeness (QED) is 0.149. The molecule has 4 N–H and O–H groups in total. The van der Waals surface area contributed by atoms with Crippen LogP contribution in [0.5, 0.6) is 5.75 Å². The Hall–Kier alpha value is -3.98. The molecule has 2 aliphatic rings. The van der Waals surface area contributed by atoms with E-state index in [2.05, 4.69) is 15.4 Å². The SMILES string of the molecule is CCOc1ccc(F)c(S(=O)(=O)Nc2cc(F)c(-c3nn(C(C)C)c4c3c(N)ncc4[C@H]3CC[C@H](NC4CC(F)(F)C4)CC3)cc2F)c1. The molecule has 0 bridgehead atoms. The fourth-order valence-corrected chi connectivity index (χ4v) is 7.87. The Kier molecular flexibility index (Phi) is 9.04. The molecule has 2 aromatic heterocycles. The summed E-state index contributed by atoms with van der Waals surface area (Å²) in [6.45, 7) is 5.65. The molecule has 2 fully saturated rings. The van der Waals surface area contributed by atoms with Gasteiger partial charge in [-0.25, -0.2) is 35.4 Å². The number of nitrogens with two attached hydrogens (primary N) is 1. The minimum absolute atomic E-state index is 0.0353. The highest BCUT2D eigenvalue weighted by molar-refractivity contribution is 7.92. The summed E-state index contributed by atoms with van der Waals surface area (Å²) in [4.78, 5) is 3.61. The molecule has 2 aromatic carbocycles. The van der Waals surface area contributed by atoms with Gasteiger partial charge in [0.2, 0.25) is 0 Å². The molecule has 0 radical (unpaired) electrons. The lowest BCUT2D eigenvalue weighted by Gasteiger charge is -2.40. The Morgan fingerprint density at radius 1 is 1.02 bits per heavy atom. The molecule has 0 amide bonds. The topological polar surface area (TPSA) is 124 Å². The molecule has 2 saturated carbocycles. The number of nitrogens with one attached hydrogen (secondary N) is 2. The monoisotopic (exact) mass is 692 g/mol. The minimum atomic E-state index is -4.68. The van der Waals surface area contributed by atoms with Crippen LogP contribution in [0.2, 0.25) is 0 Å². The minimum Gasteiger partial charge on any atom is -0.494 e. The molecule has 0 atom stereocenters. The van der Waals surface area contributed by atoms with Gasteiger partial charge in [0.1, 0.15) is 39.6 Å². The third-order valence-corrected chi connectivity index (χ3v) is 10.4. The number of fused-ring (bicyclic) bond motifs is 1. The van der Waals surface area contributed by atoms with Gasteiger partial charge >= 0.3 is 0 Å². The van der Waals surface area contributed by atoms with E-state index in [1.54, 1.807) is 17.8 Å². The van der Waals surface area contributed by atoms with E-state index in [0.717, 1.165) is 49.4 Å². The number of anilines is 2. The third kappa shape index (κ3) is 6.53. The maximum absolute atomic E-state index is 15.8. The first-order valence-corrected chi connectivity index (χ1v) is 17.4. The number of alkyl halides is 2. The number of hydrogen-bond donors (Lipinski definition) is 3.